The molecule has 0 saturated carbocycles. The third kappa shape index (κ3) is 3.78. The molecule has 0 unspecified atom stereocenters. The van der Waals surface area contributed by atoms with Crippen molar-refractivity contribution in [2.45, 2.75) is 0 Å². The molecule has 3 aromatic rings. The van der Waals surface area contributed by atoms with Crippen molar-refractivity contribution in [1.29, 1.82) is 0 Å². The second-order valence-corrected chi connectivity index (χ2v) is 7.67. The van der Waals surface area contributed by atoms with E-state index in [-0.39, 0.29) is 5.78 Å². The molecule has 2 heterocycles. The van der Waals surface area contributed by atoms with Crippen LogP contribution in [0.5, 0.6) is 0 Å². The van der Waals surface area contributed by atoms with Gasteiger partial charge in [-0.2, -0.15) is 0 Å². The topological polar surface area (TPSA) is 72.6 Å². The van der Waals surface area contributed by atoms with Crippen LogP contribution in [-0.2, 0) is 4.74 Å². The molecule has 2 N–H and O–H groups in total. The fraction of sp³-hybridized carbons (Fsp3) is 0.238. The van der Waals surface area contributed by atoms with E-state index in [9.17, 15) is 9.59 Å². The van der Waals surface area contributed by atoms with E-state index in [0.717, 1.165) is 39.2 Å². The number of hydrogen-bond acceptors (Lipinski definition) is 5. The van der Waals surface area contributed by atoms with Gasteiger partial charge in [-0.1, -0.05) is 24.3 Å². The van der Waals surface area contributed by atoms with E-state index in [4.69, 9.17) is 10.5 Å². The van der Waals surface area contributed by atoms with Gasteiger partial charge in [0.25, 0.3) is 0 Å². The molecule has 0 bridgehead atoms. The number of nitrogens with two attached hydrogens (primary N) is 1. The van der Waals surface area contributed by atoms with Gasteiger partial charge < -0.3 is 10.5 Å². The van der Waals surface area contributed by atoms with Crippen molar-refractivity contribution in [3.05, 3.63) is 59.0 Å². The number of hydrogen-bond donors (Lipinski definition) is 1. The van der Waals surface area contributed by atoms with E-state index >= 15 is 0 Å². The molecule has 0 aliphatic carbocycles. The average Bonchev–Trinajstić information content (AvgIpc) is 3.13. The largest absolute Gasteiger partial charge is 0.379 e. The van der Waals surface area contributed by atoms with Gasteiger partial charge >= 0.3 is 0 Å². The van der Waals surface area contributed by atoms with Crippen molar-refractivity contribution in [2.24, 2.45) is 5.73 Å². The molecule has 6 heteroatoms. The van der Waals surface area contributed by atoms with Gasteiger partial charge in [-0.05, 0) is 35.4 Å². The number of carbonyl (C=O) groups is 2. The number of amides is 1. The molecule has 1 aliphatic rings. The lowest BCUT2D eigenvalue weighted by Crippen LogP contribution is -2.39. The zero-order chi connectivity index (χ0) is 18.8. The second kappa shape index (κ2) is 7.60. The van der Waals surface area contributed by atoms with Crippen LogP contribution < -0.4 is 5.73 Å². The van der Waals surface area contributed by atoms with Gasteiger partial charge in [-0.15, -0.1) is 11.3 Å². The molecular formula is C21H20N2O3S. The van der Waals surface area contributed by atoms with Crippen LogP contribution in [0.15, 0.2) is 48.5 Å². The van der Waals surface area contributed by atoms with Gasteiger partial charge in [-0.25, -0.2) is 0 Å². The summed E-state index contributed by atoms with van der Waals surface area (Å²) in [5.74, 6) is -0.292. The number of thiophene rings is 1. The van der Waals surface area contributed by atoms with Crippen molar-refractivity contribution < 1.29 is 14.3 Å². The van der Waals surface area contributed by atoms with Crippen molar-refractivity contribution in [1.82, 2.24) is 4.90 Å². The van der Waals surface area contributed by atoms with Crippen molar-refractivity contribution in [3.8, 4) is 11.1 Å². The maximum atomic E-state index is 12.7. The average molecular weight is 380 g/mol. The maximum Gasteiger partial charge on any atom is 0.248 e. The number of carbonyl (C=O) groups excluding carboxylic acids is 2. The number of Topliss-reactive ketones (excluding diaryl/α,β-unsaturated/α-hetero) is 1. The predicted octanol–water partition coefficient (Wildman–Crippen LogP) is 3.18. The Balaban J connectivity index is 1.63. The monoisotopic (exact) mass is 380 g/mol. The SMILES string of the molecule is NC(=O)c1ccc(-c2cccc3sc(C(=O)CN4CCOCC4)cc23)cc1. The number of ether oxygens (including phenoxy) is 1. The summed E-state index contributed by atoms with van der Waals surface area (Å²) in [6.45, 7) is 3.40. The summed E-state index contributed by atoms with van der Waals surface area (Å²) in [5.41, 5.74) is 7.85. The molecule has 0 spiro atoms. The maximum absolute atomic E-state index is 12.7. The molecule has 1 aliphatic heterocycles. The van der Waals surface area contributed by atoms with Crippen LogP contribution in [-0.4, -0.2) is 49.4 Å². The summed E-state index contributed by atoms with van der Waals surface area (Å²) in [6, 6.07) is 15.3. The molecule has 1 aromatic heterocycles. The summed E-state index contributed by atoms with van der Waals surface area (Å²) in [5, 5.41) is 1.06. The molecule has 0 radical (unpaired) electrons. The highest BCUT2D eigenvalue weighted by Gasteiger charge is 2.18. The van der Waals surface area contributed by atoms with Crippen LogP contribution in [0.2, 0.25) is 0 Å². The second-order valence-electron chi connectivity index (χ2n) is 6.58. The Kier molecular flexibility index (Phi) is 5.03. The van der Waals surface area contributed by atoms with Gasteiger partial charge in [-0.3, -0.25) is 14.5 Å². The molecular weight excluding hydrogens is 360 g/mol. The first-order valence-corrected chi connectivity index (χ1v) is 9.69. The molecule has 1 fully saturated rings. The Morgan fingerprint density at radius 3 is 2.52 bits per heavy atom. The van der Waals surface area contributed by atoms with Crippen molar-refractivity contribution >= 4 is 33.1 Å². The van der Waals surface area contributed by atoms with Gasteiger partial charge in [0.2, 0.25) is 5.91 Å². The zero-order valence-corrected chi connectivity index (χ0v) is 15.6. The Morgan fingerprint density at radius 1 is 1.07 bits per heavy atom. The molecule has 138 valence electrons. The van der Waals surface area contributed by atoms with Crippen molar-refractivity contribution in [2.75, 3.05) is 32.8 Å². The number of primary amides is 1. The minimum Gasteiger partial charge on any atom is -0.379 e. The Labute approximate surface area is 161 Å². The normalized spacial score (nSPS) is 15.1. The molecule has 5 nitrogen and oxygen atoms in total. The predicted molar refractivity (Wildman–Crippen MR) is 107 cm³/mol. The number of benzene rings is 2. The fourth-order valence-electron chi connectivity index (χ4n) is 3.30. The number of nitrogens with zero attached hydrogens (tertiary/aromatic N) is 1. The van der Waals surface area contributed by atoms with E-state index in [1.807, 2.05) is 36.4 Å². The third-order valence-corrected chi connectivity index (χ3v) is 5.93. The lowest BCUT2D eigenvalue weighted by atomic mass is 10.0. The first-order valence-electron chi connectivity index (χ1n) is 8.88. The summed E-state index contributed by atoms with van der Waals surface area (Å²) < 4.78 is 6.42. The lowest BCUT2D eigenvalue weighted by molar-refractivity contribution is 0.0372. The first kappa shape index (κ1) is 17.9. The quantitative estimate of drug-likeness (QED) is 0.690. The van der Waals surface area contributed by atoms with Gasteiger partial charge in [0.15, 0.2) is 5.78 Å². The minimum absolute atomic E-state index is 0.146. The highest BCUT2D eigenvalue weighted by molar-refractivity contribution is 7.21. The molecule has 0 atom stereocenters. The zero-order valence-electron chi connectivity index (χ0n) is 14.8. The van der Waals surface area contributed by atoms with Crippen LogP contribution in [0.3, 0.4) is 0 Å². The number of fused-ring (bicyclic) bond motifs is 1. The molecule has 1 amide bonds. The lowest BCUT2D eigenvalue weighted by Gasteiger charge is -2.25. The fourth-order valence-corrected chi connectivity index (χ4v) is 4.32. The van der Waals surface area contributed by atoms with E-state index < -0.39 is 5.91 Å². The van der Waals surface area contributed by atoms with E-state index in [2.05, 4.69) is 4.90 Å². The highest BCUT2D eigenvalue weighted by atomic mass is 32.1. The van der Waals surface area contributed by atoms with Crippen LogP contribution in [0.1, 0.15) is 20.0 Å². The van der Waals surface area contributed by atoms with Crippen LogP contribution in [0.25, 0.3) is 21.2 Å². The summed E-state index contributed by atoms with van der Waals surface area (Å²) in [7, 11) is 0. The van der Waals surface area contributed by atoms with E-state index in [1.54, 1.807) is 12.1 Å². The summed E-state index contributed by atoms with van der Waals surface area (Å²) >= 11 is 1.53. The van der Waals surface area contributed by atoms with Gasteiger partial charge in [0.1, 0.15) is 0 Å². The number of morpholine rings is 1. The Morgan fingerprint density at radius 2 is 1.81 bits per heavy atom. The number of rotatable bonds is 5. The summed E-state index contributed by atoms with van der Waals surface area (Å²) in [4.78, 5) is 26.9. The minimum atomic E-state index is -0.439. The third-order valence-electron chi connectivity index (χ3n) is 4.79. The van der Waals surface area contributed by atoms with Crippen LogP contribution in [0, 0.1) is 0 Å². The molecule has 27 heavy (non-hydrogen) atoms. The van der Waals surface area contributed by atoms with Gasteiger partial charge in [0.05, 0.1) is 24.6 Å². The number of ketones is 1. The highest BCUT2D eigenvalue weighted by Crippen LogP contribution is 2.34. The molecule has 4 rings (SSSR count). The van der Waals surface area contributed by atoms with Crippen LogP contribution in [0.4, 0.5) is 0 Å². The Bertz CT molecular complexity index is 988. The summed E-state index contributed by atoms with van der Waals surface area (Å²) in [6.07, 6.45) is 0. The first-order chi connectivity index (χ1) is 13.1. The molecule has 2 aromatic carbocycles. The van der Waals surface area contributed by atoms with Gasteiger partial charge in [0, 0.05) is 28.7 Å². The standard InChI is InChI=1S/C21H20N2O3S/c22-21(25)15-6-4-14(5-7-15)16-2-1-3-19-17(16)12-20(27-19)18(24)13-23-8-10-26-11-9-23/h1-7,12H,8-11,13H2,(H2,22,25). The van der Waals surface area contributed by atoms with E-state index in [0.29, 0.717) is 25.3 Å². The van der Waals surface area contributed by atoms with E-state index in [1.165, 1.54) is 11.3 Å². The smallest absolute Gasteiger partial charge is 0.248 e. The van der Waals surface area contributed by atoms with Crippen LogP contribution >= 0.6 is 11.3 Å². The van der Waals surface area contributed by atoms with Crippen molar-refractivity contribution in [3.63, 3.8) is 0 Å². The Hall–Kier alpha value is -2.54. The molecule has 1 saturated heterocycles.